The van der Waals surface area contributed by atoms with Crippen molar-refractivity contribution in [2.45, 2.75) is 45.8 Å². The van der Waals surface area contributed by atoms with Gasteiger partial charge in [-0.2, -0.15) is 0 Å². The van der Waals surface area contributed by atoms with Crippen LogP contribution in [0.1, 0.15) is 33.6 Å². The molecule has 4 nitrogen and oxygen atoms in total. The zero-order chi connectivity index (χ0) is 11.8. The van der Waals surface area contributed by atoms with E-state index >= 15 is 0 Å². The van der Waals surface area contributed by atoms with Crippen molar-refractivity contribution in [1.82, 2.24) is 10.2 Å². The first-order chi connectivity index (χ1) is 6.97. The first kappa shape index (κ1) is 14.4. The van der Waals surface area contributed by atoms with Gasteiger partial charge in [-0.15, -0.1) is 0 Å². The number of aliphatic hydroxyl groups is 1. The van der Waals surface area contributed by atoms with E-state index in [1.54, 1.807) is 0 Å². The molecule has 0 spiro atoms. The van der Waals surface area contributed by atoms with Crippen LogP contribution in [-0.4, -0.2) is 48.2 Å². The molecule has 0 aliphatic rings. The molecule has 0 saturated carbocycles. The average molecular weight is 216 g/mol. The Morgan fingerprint density at radius 1 is 1.47 bits per heavy atom. The van der Waals surface area contributed by atoms with E-state index in [2.05, 4.69) is 5.32 Å². The van der Waals surface area contributed by atoms with E-state index in [9.17, 15) is 9.90 Å². The van der Waals surface area contributed by atoms with Crippen molar-refractivity contribution in [1.29, 1.82) is 0 Å². The number of hydrogen-bond acceptors (Lipinski definition) is 3. The highest BCUT2D eigenvalue weighted by Crippen LogP contribution is 1.95. The maximum atomic E-state index is 11.4. The summed E-state index contributed by atoms with van der Waals surface area (Å²) in [7, 11) is 1.92. The number of rotatable bonds is 7. The van der Waals surface area contributed by atoms with Crippen LogP contribution < -0.4 is 5.32 Å². The van der Waals surface area contributed by atoms with Gasteiger partial charge in [0.1, 0.15) is 0 Å². The number of likely N-dealkylation sites (N-methyl/N-ethyl adjacent to an activating group) is 1. The summed E-state index contributed by atoms with van der Waals surface area (Å²) in [5, 5.41) is 12.1. The zero-order valence-electron chi connectivity index (χ0n) is 10.3. The zero-order valence-corrected chi connectivity index (χ0v) is 10.3. The summed E-state index contributed by atoms with van der Waals surface area (Å²) >= 11 is 0. The Kier molecular flexibility index (Phi) is 7.34. The molecule has 1 unspecified atom stereocenters. The Morgan fingerprint density at radius 2 is 2.07 bits per heavy atom. The summed E-state index contributed by atoms with van der Waals surface area (Å²) in [6, 6.07) is 0.372. The summed E-state index contributed by atoms with van der Waals surface area (Å²) in [6.07, 6.45) is 1.07. The van der Waals surface area contributed by atoms with Crippen molar-refractivity contribution in [2.24, 2.45) is 0 Å². The normalized spacial score (nSPS) is 13.3. The van der Waals surface area contributed by atoms with Gasteiger partial charge in [0.25, 0.3) is 0 Å². The van der Waals surface area contributed by atoms with Crippen LogP contribution in [-0.2, 0) is 4.79 Å². The minimum atomic E-state index is -0.298. The third-order valence-corrected chi connectivity index (χ3v) is 2.55. The van der Waals surface area contributed by atoms with Crippen molar-refractivity contribution in [3.63, 3.8) is 0 Å². The minimum Gasteiger partial charge on any atom is -0.393 e. The Balaban J connectivity index is 3.58. The summed E-state index contributed by atoms with van der Waals surface area (Å²) < 4.78 is 0. The van der Waals surface area contributed by atoms with Crippen molar-refractivity contribution >= 4 is 5.91 Å². The van der Waals surface area contributed by atoms with Crippen LogP contribution in [0.15, 0.2) is 0 Å². The first-order valence-electron chi connectivity index (χ1n) is 5.62. The lowest BCUT2D eigenvalue weighted by molar-refractivity contribution is -0.122. The van der Waals surface area contributed by atoms with E-state index in [4.69, 9.17) is 0 Å². The van der Waals surface area contributed by atoms with Crippen LogP contribution in [0.2, 0.25) is 0 Å². The molecular weight excluding hydrogens is 192 g/mol. The van der Waals surface area contributed by atoms with Crippen LogP contribution in [0.3, 0.4) is 0 Å². The second kappa shape index (κ2) is 7.65. The number of nitrogens with one attached hydrogen (secondary N) is 1. The molecule has 0 fully saturated rings. The van der Waals surface area contributed by atoms with Gasteiger partial charge >= 0.3 is 0 Å². The van der Waals surface area contributed by atoms with Crippen molar-refractivity contribution in [2.75, 3.05) is 20.1 Å². The molecule has 1 atom stereocenters. The molecule has 0 saturated heterocycles. The highest BCUT2D eigenvalue weighted by molar-refractivity contribution is 5.77. The molecule has 90 valence electrons. The quantitative estimate of drug-likeness (QED) is 0.655. The molecular formula is C11H24N2O2. The fourth-order valence-corrected chi connectivity index (χ4v) is 1.05. The summed E-state index contributed by atoms with van der Waals surface area (Å²) in [6.45, 7) is 7.00. The number of amides is 1. The van der Waals surface area contributed by atoms with Crippen LogP contribution in [0.25, 0.3) is 0 Å². The fourth-order valence-electron chi connectivity index (χ4n) is 1.05. The smallest absolute Gasteiger partial charge is 0.234 e. The van der Waals surface area contributed by atoms with E-state index in [1.165, 1.54) is 0 Å². The minimum absolute atomic E-state index is 0.0227. The largest absolute Gasteiger partial charge is 0.393 e. The molecule has 0 aliphatic carbocycles. The molecule has 2 N–H and O–H groups in total. The van der Waals surface area contributed by atoms with Gasteiger partial charge in [0, 0.05) is 12.6 Å². The van der Waals surface area contributed by atoms with Crippen molar-refractivity contribution in [3.8, 4) is 0 Å². The molecule has 0 aromatic carbocycles. The van der Waals surface area contributed by atoms with Gasteiger partial charge in [-0.25, -0.2) is 0 Å². The molecule has 15 heavy (non-hydrogen) atoms. The first-order valence-corrected chi connectivity index (χ1v) is 5.62. The number of hydrogen-bond donors (Lipinski definition) is 2. The second-order valence-electron chi connectivity index (χ2n) is 4.21. The summed E-state index contributed by atoms with van der Waals surface area (Å²) in [4.78, 5) is 13.4. The van der Waals surface area contributed by atoms with Gasteiger partial charge in [0.15, 0.2) is 0 Å². The van der Waals surface area contributed by atoms with E-state index in [0.29, 0.717) is 25.6 Å². The Bertz CT molecular complexity index is 183. The molecule has 0 rings (SSSR count). The van der Waals surface area contributed by atoms with Gasteiger partial charge in [-0.05, 0) is 33.7 Å². The van der Waals surface area contributed by atoms with Crippen LogP contribution in [0, 0.1) is 0 Å². The monoisotopic (exact) mass is 216 g/mol. The number of nitrogens with zero attached hydrogens (tertiary/aromatic N) is 1. The van der Waals surface area contributed by atoms with E-state index in [0.717, 1.165) is 6.42 Å². The SMILES string of the molecule is CCC(O)CCNC(=O)CN(C)C(C)C. The molecule has 4 heteroatoms. The Morgan fingerprint density at radius 3 is 2.53 bits per heavy atom. The number of carbonyl (C=O) groups is 1. The maximum Gasteiger partial charge on any atom is 0.234 e. The van der Waals surface area contributed by atoms with Crippen LogP contribution >= 0.6 is 0 Å². The van der Waals surface area contributed by atoms with Gasteiger partial charge in [0.05, 0.1) is 12.6 Å². The lowest BCUT2D eigenvalue weighted by Gasteiger charge is -2.20. The second-order valence-corrected chi connectivity index (χ2v) is 4.21. The van der Waals surface area contributed by atoms with E-state index in [1.807, 2.05) is 32.7 Å². The van der Waals surface area contributed by atoms with Crippen molar-refractivity contribution < 1.29 is 9.90 Å². The van der Waals surface area contributed by atoms with E-state index < -0.39 is 0 Å². The van der Waals surface area contributed by atoms with Crippen LogP contribution in [0.4, 0.5) is 0 Å². The predicted octanol–water partition coefficient (Wildman–Crippen LogP) is 0.604. The molecule has 0 heterocycles. The maximum absolute atomic E-state index is 11.4. The van der Waals surface area contributed by atoms with Crippen molar-refractivity contribution in [3.05, 3.63) is 0 Å². The molecule has 0 aromatic heterocycles. The van der Waals surface area contributed by atoms with Gasteiger partial charge < -0.3 is 10.4 Å². The molecule has 0 bridgehead atoms. The molecule has 0 radical (unpaired) electrons. The van der Waals surface area contributed by atoms with Gasteiger partial charge in [-0.3, -0.25) is 9.69 Å². The highest BCUT2D eigenvalue weighted by atomic mass is 16.3. The highest BCUT2D eigenvalue weighted by Gasteiger charge is 2.09. The van der Waals surface area contributed by atoms with Gasteiger partial charge in [-0.1, -0.05) is 6.92 Å². The Hall–Kier alpha value is -0.610. The van der Waals surface area contributed by atoms with Crippen LogP contribution in [0.5, 0.6) is 0 Å². The number of carbonyl (C=O) groups excluding carboxylic acids is 1. The average Bonchev–Trinajstić information content (AvgIpc) is 2.17. The lowest BCUT2D eigenvalue weighted by Crippen LogP contribution is -2.39. The lowest BCUT2D eigenvalue weighted by atomic mass is 10.2. The molecule has 0 aromatic rings. The third-order valence-electron chi connectivity index (χ3n) is 2.55. The summed E-state index contributed by atoms with van der Waals surface area (Å²) in [5.41, 5.74) is 0. The predicted molar refractivity (Wildman–Crippen MR) is 61.7 cm³/mol. The van der Waals surface area contributed by atoms with Gasteiger partial charge in [0.2, 0.25) is 5.91 Å². The summed E-state index contributed by atoms with van der Waals surface area (Å²) in [5.74, 6) is 0.0227. The molecule has 0 aliphatic heterocycles. The topological polar surface area (TPSA) is 52.6 Å². The third kappa shape index (κ3) is 7.33. The Labute approximate surface area is 92.7 Å². The number of aliphatic hydroxyl groups excluding tert-OH is 1. The fraction of sp³-hybridized carbons (Fsp3) is 0.909. The molecule has 1 amide bonds. The van der Waals surface area contributed by atoms with E-state index in [-0.39, 0.29) is 12.0 Å². The standard InChI is InChI=1S/C11H24N2O2/c1-5-10(14)6-7-12-11(15)8-13(4)9(2)3/h9-10,14H,5-8H2,1-4H3,(H,12,15).